The molecule has 3 heterocycles. The zero-order valence-corrected chi connectivity index (χ0v) is 15.7. The molecule has 6 heteroatoms. The summed E-state index contributed by atoms with van der Waals surface area (Å²) in [6, 6.07) is 0.574. The van der Waals surface area contributed by atoms with Crippen molar-refractivity contribution in [1.82, 2.24) is 15.1 Å². The van der Waals surface area contributed by atoms with E-state index in [1.165, 1.54) is 0 Å². The molecule has 3 fully saturated rings. The van der Waals surface area contributed by atoms with Crippen molar-refractivity contribution in [3.8, 4) is 0 Å². The second-order valence-electron chi connectivity index (χ2n) is 8.41. The van der Waals surface area contributed by atoms with Gasteiger partial charge < -0.3 is 20.2 Å². The number of amides is 2. The van der Waals surface area contributed by atoms with Crippen LogP contribution in [0.3, 0.4) is 0 Å². The number of hydrogen-bond donors (Lipinski definition) is 2. The highest BCUT2D eigenvalue weighted by Crippen LogP contribution is 2.37. The molecule has 0 aromatic heterocycles. The Kier molecular flexibility index (Phi) is 5.68. The average Bonchev–Trinajstić information content (AvgIpc) is 2.60. The van der Waals surface area contributed by atoms with Crippen molar-refractivity contribution in [1.29, 1.82) is 0 Å². The Morgan fingerprint density at radius 1 is 1.28 bits per heavy atom. The summed E-state index contributed by atoms with van der Waals surface area (Å²) < 4.78 is 0. The van der Waals surface area contributed by atoms with Crippen LogP contribution < -0.4 is 5.32 Å². The van der Waals surface area contributed by atoms with Crippen LogP contribution in [0.2, 0.25) is 0 Å². The zero-order chi connectivity index (χ0) is 18.0. The lowest BCUT2D eigenvalue weighted by atomic mass is 9.71. The fourth-order valence-electron chi connectivity index (χ4n) is 4.71. The topological polar surface area (TPSA) is 72.9 Å². The lowest BCUT2D eigenvalue weighted by Crippen LogP contribution is -2.62. The third-order valence-electron chi connectivity index (χ3n) is 6.52. The van der Waals surface area contributed by atoms with Crippen LogP contribution in [0.15, 0.2) is 0 Å². The summed E-state index contributed by atoms with van der Waals surface area (Å²) in [6.07, 6.45) is 4.16. The minimum Gasteiger partial charge on any atom is -0.392 e. The molecule has 0 unspecified atom stereocenters. The summed E-state index contributed by atoms with van der Waals surface area (Å²) >= 11 is 0. The smallest absolute Gasteiger partial charge is 0.230 e. The van der Waals surface area contributed by atoms with E-state index in [-0.39, 0.29) is 11.8 Å². The number of hydrogen-bond acceptors (Lipinski definition) is 4. The molecule has 2 N–H and O–H groups in total. The third kappa shape index (κ3) is 3.85. The Morgan fingerprint density at radius 3 is 2.64 bits per heavy atom. The number of aliphatic hydroxyl groups is 1. The largest absolute Gasteiger partial charge is 0.392 e. The molecular weight excluding hydrogens is 318 g/mol. The molecule has 25 heavy (non-hydrogen) atoms. The van der Waals surface area contributed by atoms with Crippen molar-refractivity contribution in [3.05, 3.63) is 0 Å². The van der Waals surface area contributed by atoms with E-state index in [9.17, 15) is 14.7 Å². The molecule has 0 saturated carbocycles. The van der Waals surface area contributed by atoms with Gasteiger partial charge in [0.05, 0.1) is 11.5 Å². The van der Waals surface area contributed by atoms with Gasteiger partial charge in [-0.3, -0.25) is 9.59 Å². The van der Waals surface area contributed by atoms with E-state index in [1.54, 1.807) is 0 Å². The van der Waals surface area contributed by atoms with Crippen molar-refractivity contribution in [2.45, 2.75) is 64.5 Å². The maximum atomic E-state index is 12.8. The van der Waals surface area contributed by atoms with E-state index in [1.807, 2.05) is 4.90 Å². The molecule has 3 rings (SSSR count). The second-order valence-corrected chi connectivity index (χ2v) is 8.41. The molecule has 3 aliphatic heterocycles. The van der Waals surface area contributed by atoms with Crippen molar-refractivity contribution in [3.63, 3.8) is 0 Å². The van der Waals surface area contributed by atoms with E-state index in [2.05, 4.69) is 24.1 Å². The number of carbonyl (C=O) groups excluding carboxylic acids is 2. The molecule has 3 saturated heterocycles. The molecule has 142 valence electrons. The van der Waals surface area contributed by atoms with Crippen LogP contribution in [0.1, 0.15) is 52.4 Å². The fraction of sp³-hybridized carbons (Fsp3) is 0.895. The molecule has 0 aromatic rings. The Hall–Kier alpha value is -1.14. The van der Waals surface area contributed by atoms with Gasteiger partial charge >= 0.3 is 0 Å². The Bertz CT molecular complexity index is 502. The number of rotatable bonds is 3. The van der Waals surface area contributed by atoms with Crippen molar-refractivity contribution < 1.29 is 14.7 Å². The molecule has 0 aromatic carbocycles. The normalized spacial score (nSPS) is 32.2. The zero-order valence-electron chi connectivity index (χ0n) is 15.7. The van der Waals surface area contributed by atoms with Crippen LogP contribution in [0.25, 0.3) is 0 Å². The maximum Gasteiger partial charge on any atom is 0.230 e. The summed E-state index contributed by atoms with van der Waals surface area (Å²) in [6.45, 7) is 8.21. The monoisotopic (exact) mass is 351 g/mol. The Balaban J connectivity index is 1.57. The molecule has 0 aliphatic carbocycles. The number of carbonyl (C=O) groups is 2. The lowest BCUT2D eigenvalue weighted by molar-refractivity contribution is -0.155. The molecular formula is C19H33N3O3. The summed E-state index contributed by atoms with van der Waals surface area (Å²) in [5, 5.41) is 13.3. The predicted molar refractivity (Wildman–Crippen MR) is 95.9 cm³/mol. The van der Waals surface area contributed by atoms with Crippen molar-refractivity contribution in [2.24, 2.45) is 11.3 Å². The number of piperidine rings is 3. The van der Waals surface area contributed by atoms with Gasteiger partial charge in [0.25, 0.3) is 0 Å². The molecule has 0 radical (unpaired) electrons. The van der Waals surface area contributed by atoms with Crippen molar-refractivity contribution >= 4 is 11.8 Å². The third-order valence-corrected chi connectivity index (χ3v) is 6.52. The van der Waals surface area contributed by atoms with Gasteiger partial charge in [-0.2, -0.15) is 0 Å². The highest BCUT2D eigenvalue weighted by atomic mass is 16.3. The minimum absolute atomic E-state index is 0.0750. The molecule has 1 spiro atoms. The first-order valence-electron chi connectivity index (χ1n) is 9.90. The number of aliphatic hydroxyl groups excluding tert-OH is 1. The van der Waals surface area contributed by atoms with Gasteiger partial charge in [0.15, 0.2) is 0 Å². The molecule has 6 nitrogen and oxygen atoms in total. The van der Waals surface area contributed by atoms with Crippen LogP contribution in [0, 0.1) is 11.3 Å². The van der Waals surface area contributed by atoms with E-state index in [4.69, 9.17) is 0 Å². The van der Waals surface area contributed by atoms with E-state index in [0.29, 0.717) is 50.9 Å². The van der Waals surface area contributed by atoms with Crippen LogP contribution in [-0.4, -0.2) is 71.6 Å². The van der Waals surface area contributed by atoms with Gasteiger partial charge in [-0.15, -0.1) is 0 Å². The summed E-state index contributed by atoms with van der Waals surface area (Å²) in [7, 11) is 0. The first-order chi connectivity index (χ1) is 11.9. The van der Waals surface area contributed by atoms with E-state index >= 15 is 0 Å². The SMILES string of the molecule is CC(C)N1CCC(CC(=O)N2CC[C@@H](O)[C@@]3(CCCNC3=O)C2)CC1. The second kappa shape index (κ2) is 7.62. The van der Waals surface area contributed by atoms with Gasteiger partial charge in [-0.05, 0) is 65.0 Å². The van der Waals surface area contributed by atoms with Gasteiger partial charge in [0, 0.05) is 32.1 Å². The minimum atomic E-state index is -0.785. The van der Waals surface area contributed by atoms with E-state index < -0.39 is 11.5 Å². The standard InChI is InChI=1S/C19H33N3O3/c1-14(2)21-9-4-15(5-10-21)12-17(24)22-11-6-16(23)19(13-22)7-3-8-20-18(19)25/h14-16,23H,3-13H2,1-2H3,(H,20,25)/t16-,19-/m1/s1. The number of nitrogens with zero attached hydrogens (tertiary/aromatic N) is 2. The van der Waals surface area contributed by atoms with Gasteiger partial charge in [-0.1, -0.05) is 0 Å². The number of likely N-dealkylation sites (tertiary alicyclic amines) is 2. The first kappa shape index (κ1) is 18.6. The average molecular weight is 351 g/mol. The highest BCUT2D eigenvalue weighted by molar-refractivity contribution is 5.86. The van der Waals surface area contributed by atoms with Crippen LogP contribution >= 0.6 is 0 Å². The lowest BCUT2D eigenvalue weighted by Gasteiger charge is -2.47. The molecule has 3 aliphatic rings. The fourth-order valence-corrected chi connectivity index (χ4v) is 4.71. The van der Waals surface area contributed by atoms with Crippen molar-refractivity contribution in [2.75, 3.05) is 32.7 Å². The highest BCUT2D eigenvalue weighted by Gasteiger charge is 2.50. The van der Waals surface area contributed by atoms with E-state index in [0.717, 1.165) is 32.4 Å². The Morgan fingerprint density at radius 2 is 2.00 bits per heavy atom. The van der Waals surface area contributed by atoms with Crippen LogP contribution in [-0.2, 0) is 9.59 Å². The Labute approximate surface area is 150 Å². The molecule has 2 amide bonds. The van der Waals surface area contributed by atoms with Gasteiger partial charge in [0.1, 0.15) is 0 Å². The predicted octanol–water partition coefficient (Wildman–Crippen LogP) is 0.987. The maximum absolute atomic E-state index is 12.8. The quantitative estimate of drug-likeness (QED) is 0.795. The summed E-state index contributed by atoms with van der Waals surface area (Å²) in [4.78, 5) is 29.6. The summed E-state index contributed by atoms with van der Waals surface area (Å²) in [5.41, 5.74) is -0.785. The van der Waals surface area contributed by atoms with Gasteiger partial charge in [0.2, 0.25) is 11.8 Å². The summed E-state index contributed by atoms with van der Waals surface area (Å²) in [5.74, 6) is 0.534. The van der Waals surface area contributed by atoms with Crippen LogP contribution in [0.5, 0.6) is 0 Å². The molecule has 0 bridgehead atoms. The molecule has 2 atom stereocenters. The van der Waals surface area contributed by atoms with Gasteiger partial charge in [-0.25, -0.2) is 0 Å². The number of nitrogens with one attached hydrogen (secondary N) is 1. The van der Waals surface area contributed by atoms with Crippen LogP contribution in [0.4, 0.5) is 0 Å². The first-order valence-corrected chi connectivity index (χ1v) is 9.90.